The van der Waals surface area contributed by atoms with Crippen LogP contribution >= 0.6 is 0 Å². The molecule has 0 amide bonds. The predicted octanol–water partition coefficient (Wildman–Crippen LogP) is 2.12. The zero-order valence-electron chi connectivity index (χ0n) is 12.2. The highest BCUT2D eigenvalue weighted by atomic mass is 16.5. The lowest BCUT2D eigenvalue weighted by atomic mass is 9.83. The second kappa shape index (κ2) is 6.88. The van der Waals surface area contributed by atoms with Gasteiger partial charge >= 0.3 is 0 Å². The summed E-state index contributed by atoms with van der Waals surface area (Å²) in [4.78, 5) is 2.66. The number of hydrogen-bond acceptors (Lipinski definition) is 3. The normalized spacial score (nSPS) is 28.8. The Labute approximate surface area is 112 Å². The average Bonchev–Trinajstić information content (AvgIpc) is 2.79. The molecule has 0 aromatic heterocycles. The summed E-state index contributed by atoms with van der Waals surface area (Å²) in [7, 11) is 0. The molecule has 3 nitrogen and oxygen atoms in total. The minimum Gasteiger partial charge on any atom is -0.381 e. The summed E-state index contributed by atoms with van der Waals surface area (Å²) in [5.41, 5.74) is 0.371. The van der Waals surface area contributed by atoms with E-state index in [9.17, 15) is 0 Å². The standard InChI is InChI=1S/C15H30N2O/c1-3-16-11-15(8-9-18-13-15)12-17(4-2)10-14-6-5-7-14/h14,16H,3-13H2,1-2H3. The lowest BCUT2D eigenvalue weighted by Crippen LogP contribution is -2.46. The van der Waals surface area contributed by atoms with Crippen LogP contribution in [0.5, 0.6) is 0 Å². The van der Waals surface area contributed by atoms with Gasteiger partial charge in [0.05, 0.1) is 6.61 Å². The third-order valence-electron chi connectivity index (χ3n) is 4.68. The molecule has 2 fully saturated rings. The van der Waals surface area contributed by atoms with Crippen molar-refractivity contribution in [3.05, 3.63) is 0 Å². The third kappa shape index (κ3) is 3.69. The van der Waals surface area contributed by atoms with Gasteiger partial charge in [-0.1, -0.05) is 20.3 Å². The van der Waals surface area contributed by atoms with Gasteiger partial charge in [0.1, 0.15) is 0 Å². The average molecular weight is 254 g/mol. The van der Waals surface area contributed by atoms with E-state index >= 15 is 0 Å². The lowest BCUT2D eigenvalue weighted by Gasteiger charge is -2.37. The van der Waals surface area contributed by atoms with Crippen molar-refractivity contribution in [2.75, 3.05) is 45.9 Å². The van der Waals surface area contributed by atoms with Gasteiger partial charge in [-0.25, -0.2) is 0 Å². The molecular formula is C15H30N2O. The van der Waals surface area contributed by atoms with Crippen LogP contribution < -0.4 is 5.32 Å². The molecule has 1 aliphatic heterocycles. The van der Waals surface area contributed by atoms with Crippen LogP contribution in [0.4, 0.5) is 0 Å². The van der Waals surface area contributed by atoms with Gasteiger partial charge in [0.2, 0.25) is 0 Å². The van der Waals surface area contributed by atoms with Crippen LogP contribution in [-0.2, 0) is 4.74 Å². The van der Waals surface area contributed by atoms with Gasteiger partial charge in [-0.15, -0.1) is 0 Å². The summed E-state index contributed by atoms with van der Waals surface area (Å²) in [6.45, 7) is 12.3. The maximum absolute atomic E-state index is 5.68. The molecule has 1 atom stereocenters. The predicted molar refractivity (Wildman–Crippen MR) is 75.9 cm³/mol. The Morgan fingerprint density at radius 3 is 2.67 bits per heavy atom. The first-order valence-electron chi connectivity index (χ1n) is 7.79. The van der Waals surface area contributed by atoms with E-state index in [1.54, 1.807) is 0 Å². The van der Waals surface area contributed by atoms with Crippen molar-refractivity contribution in [1.29, 1.82) is 0 Å². The Morgan fingerprint density at radius 1 is 1.33 bits per heavy atom. The second-order valence-corrected chi connectivity index (χ2v) is 6.21. The highest BCUT2D eigenvalue weighted by molar-refractivity contribution is 4.89. The molecule has 1 unspecified atom stereocenters. The van der Waals surface area contributed by atoms with E-state index < -0.39 is 0 Å². The van der Waals surface area contributed by atoms with Crippen molar-refractivity contribution in [1.82, 2.24) is 10.2 Å². The van der Waals surface area contributed by atoms with Crippen LogP contribution in [0.1, 0.15) is 39.5 Å². The maximum Gasteiger partial charge on any atom is 0.0547 e. The first-order valence-corrected chi connectivity index (χ1v) is 7.79. The summed E-state index contributed by atoms with van der Waals surface area (Å²) in [5.74, 6) is 0.975. The molecule has 2 aliphatic rings. The highest BCUT2D eigenvalue weighted by Crippen LogP contribution is 2.32. The molecule has 106 valence electrons. The highest BCUT2D eigenvalue weighted by Gasteiger charge is 2.36. The van der Waals surface area contributed by atoms with E-state index in [-0.39, 0.29) is 0 Å². The topological polar surface area (TPSA) is 24.5 Å². The van der Waals surface area contributed by atoms with Crippen LogP contribution in [0.3, 0.4) is 0 Å². The Balaban J connectivity index is 1.84. The van der Waals surface area contributed by atoms with Crippen molar-refractivity contribution in [3.63, 3.8) is 0 Å². The fourth-order valence-electron chi connectivity index (χ4n) is 3.18. The molecule has 18 heavy (non-hydrogen) atoms. The molecule has 3 heteroatoms. The van der Waals surface area contributed by atoms with Gasteiger partial charge in [-0.05, 0) is 38.3 Å². The van der Waals surface area contributed by atoms with Crippen LogP contribution in [-0.4, -0.2) is 50.8 Å². The zero-order chi connectivity index (χ0) is 12.8. The molecule has 1 saturated heterocycles. The molecule has 1 heterocycles. The molecule has 0 radical (unpaired) electrons. The zero-order valence-corrected chi connectivity index (χ0v) is 12.2. The van der Waals surface area contributed by atoms with Crippen LogP contribution in [0.25, 0.3) is 0 Å². The van der Waals surface area contributed by atoms with Crippen molar-refractivity contribution in [2.45, 2.75) is 39.5 Å². The lowest BCUT2D eigenvalue weighted by molar-refractivity contribution is 0.0920. The Hall–Kier alpha value is -0.120. The maximum atomic E-state index is 5.68. The molecule has 0 aromatic carbocycles. The number of hydrogen-bond donors (Lipinski definition) is 1. The largest absolute Gasteiger partial charge is 0.381 e. The number of ether oxygens (including phenoxy) is 1. The first-order chi connectivity index (χ1) is 8.78. The van der Waals surface area contributed by atoms with Crippen LogP contribution in [0, 0.1) is 11.3 Å². The molecule has 2 rings (SSSR count). The molecule has 1 N–H and O–H groups in total. The summed E-state index contributed by atoms with van der Waals surface area (Å²) in [5, 5.41) is 3.54. The second-order valence-electron chi connectivity index (χ2n) is 6.21. The van der Waals surface area contributed by atoms with Gasteiger partial charge in [0, 0.05) is 31.7 Å². The Kier molecular flexibility index (Phi) is 5.46. The monoisotopic (exact) mass is 254 g/mol. The summed E-state index contributed by atoms with van der Waals surface area (Å²) in [6, 6.07) is 0. The fourth-order valence-corrected chi connectivity index (χ4v) is 3.18. The molecule has 0 bridgehead atoms. The number of rotatable bonds is 8. The van der Waals surface area contributed by atoms with Crippen molar-refractivity contribution < 1.29 is 4.74 Å². The summed E-state index contributed by atoms with van der Waals surface area (Å²) >= 11 is 0. The Morgan fingerprint density at radius 2 is 2.17 bits per heavy atom. The molecule has 0 spiro atoms. The van der Waals surface area contributed by atoms with Gasteiger partial charge < -0.3 is 15.0 Å². The van der Waals surface area contributed by atoms with Crippen molar-refractivity contribution in [2.24, 2.45) is 11.3 Å². The first kappa shape index (κ1) is 14.3. The van der Waals surface area contributed by atoms with Gasteiger partial charge in [0.25, 0.3) is 0 Å². The van der Waals surface area contributed by atoms with Gasteiger partial charge in [-0.3, -0.25) is 0 Å². The quantitative estimate of drug-likeness (QED) is 0.718. The van der Waals surface area contributed by atoms with E-state index in [0.29, 0.717) is 5.41 Å². The van der Waals surface area contributed by atoms with E-state index in [0.717, 1.165) is 32.2 Å². The van der Waals surface area contributed by atoms with E-state index in [1.807, 2.05) is 0 Å². The van der Waals surface area contributed by atoms with Crippen molar-refractivity contribution in [3.8, 4) is 0 Å². The fraction of sp³-hybridized carbons (Fsp3) is 1.00. The molecule has 0 aromatic rings. The number of nitrogens with one attached hydrogen (secondary N) is 1. The molecular weight excluding hydrogens is 224 g/mol. The summed E-state index contributed by atoms with van der Waals surface area (Å²) in [6.07, 6.45) is 5.58. The number of nitrogens with zero attached hydrogens (tertiary/aromatic N) is 1. The molecule has 1 saturated carbocycles. The van der Waals surface area contributed by atoms with Crippen LogP contribution in [0.15, 0.2) is 0 Å². The van der Waals surface area contributed by atoms with E-state index in [2.05, 4.69) is 24.1 Å². The minimum absolute atomic E-state index is 0.371. The minimum atomic E-state index is 0.371. The molecule has 1 aliphatic carbocycles. The van der Waals surface area contributed by atoms with Crippen molar-refractivity contribution >= 4 is 0 Å². The van der Waals surface area contributed by atoms with Gasteiger partial charge in [-0.2, -0.15) is 0 Å². The van der Waals surface area contributed by atoms with E-state index in [4.69, 9.17) is 4.74 Å². The smallest absolute Gasteiger partial charge is 0.0547 e. The Bertz CT molecular complexity index is 235. The van der Waals surface area contributed by atoms with E-state index in [1.165, 1.54) is 45.3 Å². The van der Waals surface area contributed by atoms with Crippen LogP contribution in [0.2, 0.25) is 0 Å². The third-order valence-corrected chi connectivity index (χ3v) is 4.68. The summed E-state index contributed by atoms with van der Waals surface area (Å²) < 4.78 is 5.68. The van der Waals surface area contributed by atoms with Gasteiger partial charge in [0.15, 0.2) is 0 Å². The SMILES string of the molecule is CCNCC1(CN(CC)CC2CCC2)CCOC1.